The van der Waals surface area contributed by atoms with Crippen LogP contribution in [0.1, 0.15) is 24.8 Å². The minimum atomic E-state index is -1.00. The van der Waals surface area contributed by atoms with Crippen molar-refractivity contribution in [3.63, 3.8) is 0 Å². The average molecular weight is 276 g/mol. The quantitative estimate of drug-likeness (QED) is 0.748. The van der Waals surface area contributed by atoms with E-state index in [9.17, 15) is 14.7 Å². The van der Waals surface area contributed by atoms with Crippen molar-refractivity contribution in [3.05, 3.63) is 35.9 Å². The fourth-order valence-corrected chi connectivity index (χ4v) is 2.40. The van der Waals surface area contributed by atoms with Crippen LogP contribution < -0.4 is 10.6 Å². The van der Waals surface area contributed by atoms with Crippen molar-refractivity contribution in [1.29, 1.82) is 0 Å². The van der Waals surface area contributed by atoms with E-state index in [1.54, 1.807) is 0 Å². The van der Waals surface area contributed by atoms with Crippen molar-refractivity contribution >= 4 is 11.9 Å². The third kappa shape index (κ3) is 4.06. The number of amides is 1. The second kappa shape index (κ2) is 7.05. The molecule has 20 heavy (non-hydrogen) atoms. The van der Waals surface area contributed by atoms with Crippen molar-refractivity contribution < 1.29 is 14.7 Å². The Kier molecular flexibility index (Phi) is 5.12. The van der Waals surface area contributed by atoms with Gasteiger partial charge in [-0.2, -0.15) is 0 Å². The molecule has 0 spiro atoms. The van der Waals surface area contributed by atoms with Gasteiger partial charge in [-0.05, 0) is 24.9 Å². The predicted molar refractivity (Wildman–Crippen MR) is 75.4 cm³/mol. The van der Waals surface area contributed by atoms with Crippen molar-refractivity contribution in [2.75, 3.05) is 6.54 Å². The molecule has 1 aromatic rings. The number of benzene rings is 1. The Bertz CT molecular complexity index is 455. The molecule has 5 nitrogen and oxygen atoms in total. The van der Waals surface area contributed by atoms with E-state index in [0.29, 0.717) is 6.42 Å². The molecule has 1 fully saturated rings. The summed E-state index contributed by atoms with van der Waals surface area (Å²) >= 11 is 0. The van der Waals surface area contributed by atoms with Crippen LogP contribution in [0.3, 0.4) is 0 Å². The van der Waals surface area contributed by atoms with Gasteiger partial charge in [-0.25, -0.2) is 4.79 Å². The summed E-state index contributed by atoms with van der Waals surface area (Å²) in [6.45, 7) is 0.814. The number of carboxylic acid groups (broad SMARTS) is 1. The summed E-state index contributed by atoms with van der Waals surface area (Å²) in [4.78, 5) is 23.4. The lowest BCUT2D eigenvalue weighted by Crippen LogP contribution is -2.52. The van der Waals surface area contributed by atoms with Crippen LogP contribution in [0.4, 0.5) is 0 Å². The molecule has 1 aromatic carbocycles. The standard InChI is InChI=1S/C15H20N2O3/c18-14(12-8-4-5-9-16-12)17-13(15(19)20)10-11-6-2-1-3-7-11/h1-3,6-7,12-13,16H,4-5,8-10H2,(H,17,18)(H,19,20)/t12-,13+/m0/s1. The molecular formula is C15H20N2O3. The Labute approximate surface area is 118 Å². The van der Waals surface area contributed by atoms with Gasteiger partial charge in [0, 0.05) is 6.42 Å². The second-order valence-electron chi connectivity index (χ2n) is 5.09. The monoisotopic (exact) mass is 276 g/mol. The highest BCUT2D eigenvalue weighted by Crippen LogP contribution is 2.08. The molecule has 1 aliphatic rings. The van der Waals surface area contributed by atoms with Gasteiger partial charge >= 0.3 is 5.97 Å². The maximum atomic E-state index is 12.1. The first-order valence-corrected chi connectivity index (χ1v) is 6.97. The molecule has 1 saturated heterocycles. The first-order valence-electron chi connectivity index (χ1n) is 6.97. The summed E-state index contributed by atoms with van der Waals surface area (Å²) in [5.41, 5.74) is 0.900. The summed E-state index contributed by atoms with van der Waals surface area (Å²) in [6.07, 6.45) is 3.13. The number of carbonyl (C=O) groups is 2. The van der Waals surface area contributed by atoms with Gasteiger partial charge in [0.1, 0.15) is 6.04 Å². The van der Waals surface area contributed by atoms with Crippen molar-refractivity contribution in [2.24, 2.45) is 0 Å². The third-order valence-electron chi connectivity index (χ3n) is 3.52. The molecule has 2 atom stereocenters. The number of carboxylic acids is 1. The Morgan fingerprint density at radius 2 is 2.05 bits per heavy atom. The second-order valence-corrected chi connectivity index (χ2v) is 5.09. The lowest BCUT2D eigenvalue weighted by molar-refractivity contribution is -0.142. The van der Waals surface area contributed by atoms with Crippen molar-refractivity contribution in [3.8, 4) is 0 Å². The Morgan fingerprint density at radius 1 is 1.30 bits per heavy atom. The predicted octanol–water partition coefficient (Wildman–Crippen LogP) is 0.941. The summed E-state index contributed by atoms with van der Waals surface area (Å²) < 4.78 is 0. The lowest BCUT2D eigenvalue weighted by Gasteiger charge is -2.24. The Hall–Kier alpha value is -1.88. The number of hydrogen-bond donors (Lipinski definition) is 3. The van der Waals surface area contributed by atoms with E-state index < -0.39 is 12.0 Å². The van der Waals surface area contributed by atoms with Crippen LogP contribution in [0.25, 0.3) is 0 Å². The van der Waals surface area contributed by atoms with E-state index in [1.165, 1.54) is 0 Å². The van der Waals surface area contributed by atoms with Gasteiger partial charge in [0.2, 0.25) is 5.91 Å². The van der Waals surface area contributed by atoms with Crippen molar-refractivity contribution in [2.45, 2.75) is 37.8 Å². The molecule has 0 saturated carbocycles. The number of nitrogens with one attached hydrogen (secondary N) is 2. The smallest absolute Gasteiger partial charge is 0.326 e. The molecule has 2 rings (SSSR count). The maximum absolute atomic E-state index is 12.1. The van der Waals surface area contributed by atoms with Crippen LogP contribution in [-0.2, 0) is 16.0 Å². The molecule has 108 valence electrons. The summed E-state index contributed by atoms with van der Waals surface area (Å²) in [7, 11) is 0. The zero-order chi connectivity index (χ0) is 14.4. The van der Waals surface area contributed by atoms with Crippen LogP contribution in [0.15, 0.2) is 30.3 Å². The van der Waals surface area contributed by atoms with E-state index in [-0.39, 0.29) is 11.9 Å². The van der Waals surface area contributed by atoms with E-state index >= 15 is 0 Å². The molecule has 0 unspecified atom stereocenters. The van der Waals surface area contributed by atoms with Gasteiger partial charge in [-0.3, -0.25) is 4.79 Å². The molecular weight excluding hydrogens is 256 g/mol. The van der Waals surface area contributed by atoms with Gasteiger partial charge in [0.25, 0.3) is 0 Å². The van der Waals surface area contributed by atoms with Crippen LogP contribution in [-0.4, -0.2) is 35.6 Å². The topological polar surface area (TPSA) is 78.4 Å². The highest BCUT2D eigenvalue weighted by Gasteiger charge is 2.26. The van der Waals surface area contributed by atoms with Gasteiger partial charge in [-0.1, -0.05) is 36.8 Å². The normalized spacial score (nSPS) is 20.1. The van der Waals surface area contributed by atoms with Gasteiger partial charge in [0.05, 0.1) is 6.04 Å². The Morgan fingerprint density at radius 3 is 2.65 bits per heavy atom. The molecule has 0 radical (unpaired) electrons. The minimum Gasteiger partial charge on any atom is -0.480 e. The molecule has 3 N–H and O–H groups in total. The third-order valence-corrected chi connectivity index (χ3v) is 3.52. The van der Waals surface area contributed by atoms with E-state index in [4.69, 9.17) is 0 Å². The number of aliphatic carboxylic acids is 1. The molecule has 1 amide bonds. The van der Waals surface area contributed by atoms with Crippen LogP contribution in [0.2, 0.25) is 0 Å². The lowest BCUT2D eigenvalue weighted by atomic mass is 10.0. The molecule has 0 aliphatic carbocycles. The zero-order valence-electron chi connectivity index (χ0n) is 11.3. The maximum Gasteiger partial charge on any atom is 0.326 e. The first-order chi connectivity index (χ1) is 9.66. The van der Waals surface area contributed by atoms with Crippen LogP contribution in [0.5, 0.6) is 0 Å². The number of piperidine rings is 1. The number of hydrogen-bond acceptors (Lipinski definition) is 3. The molecule has 1 aliphatic heterocycles. The Balaban J connectivity index is 1.95. The summed E-state index contributed by atoms with van der Waals surface area (Å²) in [6, 6.07) is 8.18. The van der Waals surface area contributed by atoms with Gasteiger partial charge in [-0.15, -0.1) is 0 Å². The molecule has 0 aromatic heterocycles. The average Bonchev–Trinajstić information content (AvgIpc) is 2.48. The van der Waals surface area contributed by atoms with Crippen LogP contribution in [0, 0.1) is 0 Å². The minimum absolute atomic E-state index is 0.215. The van der Waals surface area contributed by atoms with Crippen LogP contribution >= 0.6 is 0 Å². The van der Waals surface area contributed by atoms with Gasteiger partial charge < -0.3 is 15.7 Å². The SMILES string of the molecule is O=C(N[C@H](Cc1ccccc1)C(=O)O)[C@@H]1CCCCN1. The zero-order valence-corrected chi connectivity index (χ0v) is 11.3. The highest BCUT2D eigenvalue weighted by atomic mass is 16.4. The summed E-state index contributed by atoms with van der Waals surface area (Å²) in [5, 5.41) is 15.0. The molecule has 5 heteroatoms. The molecule has 1 heterocycles. The van der Waals surface area contributed by atoms with Crippen molar-refractivity contribution in [1.82, 2.24) is 10.6 Å². The van der Waals surface area contributed by atoms with E-state index in [1.807, 2.05) is 30.3 Å². The summed E-state index contributed by atoms with van der Waals surface area (Å²) in [5.74, 6) is -1.22. The number of carbonyl (C=O) groups excluding carboxylic acids is 1. The first kappa shape index (κ1) is 14.5. The molecule has 0 bridgehead atoms. The highest BCUT2D eigenvalue weighted by molar-refractivity contribution is 5.87. The fourth-order valence-electron chi connectivity index (χ4n) is 2.40. The van der Waals surface area contributed by atoms with E-state index in [2.05, 4.69) is 10.6 Å². The van der Waals surface area contributed by atoms with Gasteiger partial charge in [0.15, 0.2) is 0 Å². The number of rotatable bonds is 5. The van der Waals surface area contributed by atoms with E-state index in [0.717, 1.165) is 31.4 Å². The fraction of sp³-hybridized carbons (Fsp3) is 0.467. The largest absolute Gasteiger partial charge is 0.480 e.